The Morgan fingerprint density at radius 3 is 2.58 bits per heavy atom. The molecule has 0 atom stereocenters. The minimum absolute atomic E-state index is 0.105. The number of amidine groups is 1. The van der Waals surface area contributed by atoms with Crippen LogP contribution < -0.4 is 10.6 Å². The van der Waals surface area contributed by atoms with Gasteiger partial charge < -0.3 is 15.8 Å². The summed E-state index contributed by atoms with van der Waals surface area (Å²) in [6, 6.07) is 6.01. The van der Waals surface area contributed by atoms with E-state index in [4.69, 9.17) is 10.9 Å². The molecule has 2 rings (SSSR count). The lowest BCUT2D eigenvalue weighted by molar-refractivity contribution is -0.128. The number of halogens is 1. The molecule has 6 heteroatoms. The van der Waals surface area contributed by atoms with Gasteiger partial charge in [0.05, 0.1) is 5.69 Å². The summed E-state index contributed by atoms with van der Waals surface area (Å²) in [5.41, 5.74) is 4.82. The highest BCUT2D eigenvalue weighted by Gasteiger charge is 2.50. The first kappa shape index (κ1) is 13.3. The molecule has 1 amide bonds. The largest absolute Gasteiger partial charge is 0.409 e. The van der Waals surface area contributed by atoms with Crippen LogP contribution in [0.3, 0.4) is 0 Å². The standard InChI is InChI=1S/C13H16FN3O2/c1-17(10-6-3-2-5-9(10)14)12(18)13(7-4-8-13)11(15)16-19/h2-3,5-6,19H,4,7-8H2,1H3,(H2,15,16). The predicted octanol–water partition coefficient (Wildman–Crippen LogP) is 1.71. The van der Waals surface area contributed by atoms with Crippen LogP contribution in [0.2, 0.25) is 0 Å². The van der Waals surface area contributed by atoms with E-state index >= 15 is 0 Å². The molecule has 0 aliphatic heterocycles. The van der Waals surface area contributed by atoms with Gasteiger partial charge in [0.15, 0.2) is 5.84 Å². The fourth-order valence-electron chi connectivity index (χ4n) is 2.36. The lowest BCUT2D eigenvalue weighted by Crippen LogP contribution is -2.54. The van der Waals surface area contributed by atoms with Gasteiger partial charge in [0.25, 0.3) is 0 Å². The molecule has 0 aromatic heterocycles. The summed E-state index contributed by atoms with van der Waals surface area (Å²) in [6.45, 7) is 0. The number of oxime groups is 1. The first-order valence-electron chi connectivity index (χ1n) is 6.03. The molecule has 5 nitrogen and oxygen atoms in total. The first-order valence-corrected chi connectivity index (χ1v) is 6.03. The zero-order chi connectivity index (χ0) is 14.0. The van der Waals surface area contributed by atoms with Gasteiger partial charge in [-0.05, 0) is 25.0 Å². The van der Waals surface area contributed by atoms with Crippen molar-refractivity contribution in [1.29, 1.82) is 0 Å². The quantitative estimate of drug-likeness (QED) is 0.378. The molecule has 0 radical (unpaired) electrons. The molecule has 1 aromatic carbocycles. The molecule has 3 N–H and O–H groups in total. The van der Waals surface area contributed by atoms with Crippen LogP contribution in [-0.4, -0.2) is 24.0 Å². The van der Waals surface area contributed by atoms with Gasteiger partial charge in [-0.1, -0.05) is 23.7 Å². The average molecular weight is 265 g/mol. The summed E-state index contributed by atoms with van der Waals surface area (Å²) < 4.78 is 13.7. The molecule has 1 aliphatic rings. The number of carbonyl (C=O) groups is 1. The molecule has 1 aromatic rings. The van der Waals surface area contributed by atoms with Crippen LogP contribution in [0.4, 0.5) is 10.1 Å². The van der Waals surface area contributed by atoms with Crippen molar-refractivity contribution in [3.8, 4) is 0 Å². The Morgan fingerprint density at radius 1 is 1.47 bits per heavy atom. The maximum atomic E-state index is 13.7. The summed E-state index contributed by atoms with van der Waals surface area (Å²) in [4.78, 5) is 13.7. The number of rotatable bonds is 3. The molecule has 0 saturated heterocycles. The fraction of sp³-hybridized carbons (Fsp3) is 0.385. The molecule has 1 fully saturated rings. The van der Waals surface area contributed by atoms with Crippen LogP contribution in [0.25, 0.3) is 0 Å². The van der Waals surface area contributed by atoms with E-state index < -0.39 is 11.2 Å². The number of anilines is 1. The second-order valence-corrected chi connectivity index (χ2v) is 4.74. The highest BCUT2D eigenvalue weighted by Crippen LogP contribution is 2.43. The van der Waals surface area contributed by atoms with Gasteiger partial charge in [-0.2, -0.15) is 0 Å². The normalized spacial score (nSPS) is 17.7. The molecular weight excluding hydrogens is 249 g/mol. The van der Waals surface area contributed by atoms with Crippen molar-refractivity contribution >= 4 is 17.4 Å². The van der Waals surface area contributed by atoms with Crippen molar-refractivity contribution in [2.24, 2.45) is 16.3 Å². The number of carbonyl (C=O) groups excluding carboxylic acids is 1. The highest BCUT2D eigenvalue weighted by molar-refractivity contribution is 6.13. The van der Waals surface area contributed by atoms with Crippen molar-refractivity contribution in [2.75, 3.05) is 11.9 Å². The Kier molecular flexibility index (Phi) is 3.42. The lowest BCUT2D eigenvalue weighted by Gasteiger charge is -2.41. The third-order valence-electron chi connectivity index (χ3n) is 3.73. The Bertz CT molecular complexity index is 526. The highest BCUT2D eigenvalue weighted by atomic mass is 19.1. The molecular formula is C13H16FN3O2. The van der Waals surface area contributed by atoms with Gasteiger partial charge in [0.2, 0.25) is 5.91 Å². The summed E-state index contributed by atoms with van der Waals surface area (Å²) in [7, 11) is 1.49. The first-order chi connectivity index (χ1) is 9.03. The Labute approximate surface area is 110 Å². The Hall–Kier alpha value is -2.11. The van der Waals surface area contributed by atoms with Crippen molar-refractivity contribution in [2.45, 2.75) is 19.3 Å². The second-order valence-electron chi connectivity index (χ2n) is 4.74. The van der Waals surface area contributed by atoms with E-state index in [-0.39, 0.29) is 17.4 Å². The number of para-hydroxylation sites is 1. The van der Waals surface area contributed by atoms with E-state index in [9.17, 15) is 9.18 Å². The van der Waals surface area contributed by atoms with Crippen LogP contribution in [0, 0.1) is 11.2 Å². The maximum absolute atomic E-state index is 13.7. The average Bonchev–Trinajstić information content (AvgIpc) is 2.36. The number of benzene rings is 1. The number of nitrogens with two attached hydrogens (primary N) is 1. The number of nitrogens with zero attached hydrogens (tertiary/aromatic N) is 2. The summed E-state index contributed by atoms with van der Waals surface area (Å²) >= 11 is 0. The van der Waals surface area contributed by atoms with Crippen LogP contribution in [0.15, 0.2) is 29.4 Å². The van der Waals surface area contributed by atoms with Crippen molar-refractivity contribution < 1.29 is 14.4 Å². The third kappa shape index (κ3) is 2.03. The SMILES string of the molecule is CN(C(=O)C1(/C(N)=N/O)CCC1)c1ccccc1F. The van der Waals surface area contributed by atoms with Gasteiger partial charge >= 0.3 is 0 Å². The van der Waals surface area contributed by atoms with Gasteiger partial charge in [0.1, 0.15) is 11.2 Å². The summed E-state index contributed by atoms with van der Waals surface area (Å²) in [5, 5.41) is 11.8. The third-order valence-corrected chi connectivity index (χ3v) is 3.73. The summed E-state index contributed by atoms with van der Waals surface area (Å²) in [5.74, 6) is -0.932. The molecule has 19 heavy (non-hydrogen) atoms. The maximum Gasteiger partial charge on any atom is 0.240 e. The predicted molar refractivity (Wildman–Crippen MR) is 69.5 cm³/mol. The Balaban J connectivity index is 2.32. The summed E-state index contributed by atoms with van der Waals surface area (Å²) in [6.07, 6.45) is 1.86. The molecule has 0 heterocycles. The lowest BCUT2D eigenvalue weighted by atomic mass is 9.67. The van der Waals surface area contributed by atoms with E-state index in [2.05, 4.69) is 5.16 Å². The van der Waals surface area contributed by atoms with Gasteiger partial charge in [-0.25, -0.2) is 4.39 Å². The van der Waals surface area contributed by atoms with Crippen LogP contribution in [0.1, 0.15) is 19.3 Å². The van der Waals surface area contributed by atoms with E-state index in [1.165, 1.54) is 24.1 Å². The van der Waals surface area contributed by atoms with Crippen molar-refractivity contribution in [3.05, 3.63) is 30.1 Å². The molecule has 0 spiro atoms. The van der Waals surface area contributed by atoms with E-state index in [0.717, 1.165) is 6.42 Å². The number of amides is 1. The van der Waals surface area contributed by atoms with Crippen LogP contribution in [-0.2, 0) is 4.79 Å². The van der Waals surface area contributed by atoms with Crippen molar-refractivity contribution in [3.63, 3.8) is 0 Å². The number of hydrogen-bond acceptors (Lipinski definition) is 3. The molecule has 0 bridgehead atoms. The van der Waals surface area contributed by atoms with Gasteiger partial charge in [-0.15, -0.1) is 0 Å². The second kappa shape index (κ2) is 4.87. The molecule has 1 saturated carbocycles. The smallest absolute Gasteiger partial charge is 0.240 e. The van der Waals surface area contributed by atoms with Crippen LogP contribution in [0.5, 0.6) is 0 Å². The monoisotopic (exact) mass is 265 g/mol. The molecule has 0 unspecified atom stereocenters. The van der Waals surface area contributed by atoms with E-state index in [1.54, 1.807) is 12.1 Å². The minimum atomic E-state index is -0.994. The molecule has 102 valence electrons. The van der Waals surface area contributed by atoms with E-state index in [0.29, 0.717) is 12.8 Å². The number of hydrogen-bond donors (Lipinski definition) is 2. The zero-order valence-electron chi connectivity index (χ0n) is 10.6. The fourth-order valence-corrected chi connectivity index (χ4v) is 2.36. The topological polar surface area (TPSA) is 78.9 Å². The zero-order valence-corrected chi connectivity index (χ0v) is 10.6. The van der Waals surface area contributed by atoms with Crippen molar-refractivity contribution in [1.82, 2.24) is 0 Å². The van der Waals surface area contributed by atoms with Crippen LogP contribution >= 0.6 is 0 Å². The molecule has 1 aliphatic carbocycles. The van der Waals surface area contributed by atoms with Gasteiger partial charge in [-0.3, -0.25) is 4.79 Å². The van der Waals surface area contributed by atoms with Gasteiger partial charge in [0, 0.05) is 7.05 Å². The Morgan fingerprint density at radius 2 is 2.11 bits per heavy atom. The van der Waals surface area contributed by atoms with E-state index in [1.807, 2.05) is 0 Å². The minimum Gasteiger partial charge on any atom is -0.409 e.